The molecule has 1 fully saturated rings. The SMILES string of the molecule is CCSC1=NC2C(N(CC)C(=O)N2CC)N1/N=C/C=C/c1ccccc1. The Morgan fingerprint density at radius 3 is 2.54 bits per heavy atom. The zero-order chi connectivity index (χ0) is 18.5. The molecule has 0 radical (unpaired) electrons. The number of aliphatic imine (C=N–C) groups is 1. The van der Waals surface area contributed by atoms with Crippen LogP contribution in [0, 0.1) is 0 Å². The van der Waals surface area contributed by atoms with Crippen molar-refractivity contribution in [2.24, 2.45) is 10.1 Å². The first kappa shape index (κ1) is 18.5. The fourth-order valence-corrected chi connectivity index (χ4v) is 3.94. The molecule has 0 N–H and O–H groups in total. The average molecular weight is 372 g/mol. The van der Waals surface area contributed by atoms with Gasteiger partial charge in [0.2, 0.25) is 0 Å². The summed E-state index contributed by atoms with van der Waals surface area (Å²) < 4.78 is 0. The molecule has 0 spiro atoms. The molecular weight excluding hydrogens is 346 g/mol. The predicted octanol–water partition coefficient (Wildman–Crippen LogP) is 3.54. The van der Waals surface area contributed by atoms with Crippen LogP contribution in [0.15, 0.2) is 46.5 Å². The summed E-state index contributed by atoms with van der Waals surface area (Å²) >= 11 is 1.66. The number of allylic oxidation sites excluding steroid dienone is 1. The third-order valence-electron chi connectivity index (χ3n) is 4.41. The highest BCUT2D eigenvalue weighted by Crippen LogP contribution is 2.34. The van der Waals surface area contributed by atoms with E-state index in [-0.39, 0.29) is 18.4 Å². The van der Waals surface area contributed by atoms with Crippen molar-refractivity contribution >= 4 is 35.3 Å². The Bertz CT molecular complexity index is 718. The summed E-state index contributed by atoms with van der Waals surface area (Å²) in [5.41, 5.74) is 1.12. The number of hydrogen-bond donors (Lipinski definition) is 0. The highest BCUT2D eigenvalue weighted by Gasteiger charge is 2.52. The van der Waals surface area contributed by atoms with Crippen molar-refractivity contribution in [3.05, 3.63) is 42.0 Å². The van der Waals surface area contributed by atoms with Gasteiger partial charge in [-0.2, -0.15) is 5.10 Å². The monoisotopic (exact) mass is 371 g/mol. The van der Waals surface area contributed by atoms with Gasteiger partial charge in [-0.1, -0.05) is 55.1 Å². The summed E-state index contributed by atoms with van der Waals surface area (Å²) in [6.45, 7) is 7.37. The Balaban J connectivity index is 1.81. The van der Waals surface area contributed by atoms with E-state index in [9.17, 15) is 4.79 Å². The second-order valence-corrected chi connectivity index (χ2v) is 7.14. The summed E-state index contributed by atoms with van der Waals surface area (Å²) in [5.74, 6) is 0.913. The first-order valence-electron chi connectivity index (χ1n) is 9.04. The fraction of sp³-hybridized carbons (Fsp3) is 0.421. The Morgan fingerprint density at radius 2 is 1.88 bits per heavy atom. The third-order valence-corrected chi connectivity index (χ3v) is 5.25. The van der Waals surface area contributed by atoms with Gasteiger partial charge in [-0.15, -0.1) is 0 Å². The van der Waals surface area contributed by atoms with Crippen molar-refractivity contribution in [2.75, 3.05) is 18.8 Å². The maximum absolute atomic E-state index is 12.6. The van der Waals surface area contributed by atoms with Crippen LogP contribution in [0.1, 0.15) is 26.3 Å². The molecule has 2 unspecified atom stereocenters. The summed E-state index contributed by atoms with van der Waals surface area (Å²) in [6.07, 6.45) is 5.35. The van der Waals surface area contributed by atoms with E-state index in [2.05, 4.69) is 12.0 Å². The largest absolute Gasteiger partial charge is 0.323 e. The van der Waals surface area contributed by atoms with Gasteiger partial charge >= 0.3 is 6.03 Å². The standard InChI is InChI=1S/C19H25N5OS/c1-4-22-16-17(23(5-2)19(22)25)24(18(21-16)26-6-3)20-14-10-13-15-11-8-7-9-12-15/h7-14,16-17H,4-6H2,1-3H3/b13-10+,20-14+. The van der Waals surface area contributed by atoms with Gasteiger partial charge in [-0.05, 0) is 31.2 Å². The maximum atomic E-state index is 12.6. The predicted molar refractivity (Wildman–Crippen MR) is 109 cm³/mol. The first-order chi connectivity index (χ1) is 12.7. The molecule has 0 bridgehead atoms. The second kappa shape index (κ2) is 8.40. The van der Waals surface area contributed by atoms with Crippen LogP contribution in [0.3, 0.4) is 0 Å². The number of fused-ring (bicyclic) bond motifs is 1. The minimum atomic E-state index is -0.184. The van der Waals surface area contributed by atoms with E-state index < -0.39 is 0 Å². The molecule has 7 heteroatoms. The molecule has 26 heavy (non-hydrogen) atoms. The minimum Gasteiger partial charge on any atom is -0.299 e. The van der Waals surface area contributed by atoms with Gasteiger partial charge in [-0.25, -0.2) is 14.8 Å². The van der Waals surface area contributed by atoms with Crippen LogP contribution in [0.5, 0.6) is 0 Å². The lowest BCUT2D eigenvalue weighted by Gasteiger charge is -2.27. The lowest BCUT2D eigenvalue weighted by atomic mass is 10.2. The molecule has 2 atom stereocenters. The Hall–Kier alpha value is -2.28. The van der Waals surface area contributed by atoms with E-state index in [0.29, 0.717) is 13.1 Å². The van der Waals surface area contributed by atoms with E-state index in [1.807, 2.05) is 71.1 Å². The van der Waals surface area contributed by atoms with Crippen LogP contribution >= 0.6 is 11.8 Å². The molecule has 0 aromatic heterocycles. The molecule has 1 aromatic rings. The zero-order valence-corrected chi connectivity index (χ0v) is 16.3. The van der Waals surface area contributed by atoms with Gasteiger partial charge in [0, 0.05) is 19.3 Å². The molecule has 2 heterocycles. The number of benzene rings is 1. The Labute approximate surface area is 159 Å². The molecule has 1 aromatic carbocycles. The second-order valence-electron chi connectivity index (χ2n) is 5.91. The lowest BCUT2D eigenvalue weighted by Crippen LogP contribution is -2.45. The molecule has 6 nitrogen and oxygen atoms in total. The molecule has 2 aliphatic rings. The molecule has 3 rings (SSSR count). The average Bonchev–Trinajstić information content (AvgIpc) is 3.12. The van der Waals surface area contributed by atoms with E-state index in [1.165, 1.54) is 0 Å². The van der Waals surface area contributed by atoms with Crippen LogP contribution in [0.2, 0.25) is 0 Å². The van der Waals surface area contributed by atoms with Crippen LogP contribution in [0.4, 0.5) is 4.79 Å². The summed E-state index contributed by atoms with van der Waals surface area (Å²) in [4.78, 5) is 21.0. The number of carbonyl (C=O) groups is 1. The quantitative estimate of drug-likeness (QED) is 0.719. The van der Waals surface area contributed by atoms with Crippen molar-refractivity contribution in [2.45, 2.75) is 33.1 Å². The number of amidine groups is 1. The summed E-state index contributed by atoms with van der Waals surface area (Å²) in [7, 11) is 0. The molecule has 0 aliphatic carbocycles. The fourth-order valence-electron chi connectivity index (χ4n) is 3.22. The maximum Gasteiger partial charge on any atom is 0.323 e. The van der Waals surface area contributed by atoms with E-state index >= 15 is 0 Å². The van der Waals surface area contributed by atoms with E-state index in [1.54, 1.807) is 18.0 Å². The van der Waals surface area contributed by atoms with Crippen LogP contribution < -0.4 is 0 Å². The third kappa shape index (κ3) is 3.49. The molecule has 2 amide bonds. The van der Waals surface area contributed by atoms with Gasteiger partial charge in [0.15, 0.2) is 17.5 Å². The van der Waals surface area contributed by atoms with Crippen molar-refractivity contribution in [3.63, 3.8) is 0 Å². The normalized spacial score (nSPS) is 22.8. The van der Waals surface area contributed by atoms with Crippen molar-refractivity contribution in [3.8, 4) is 0 Å². The summed E-state index contributed by atoms with van der Waals surface area (Å²) in [6, 6.07) is 10.1. The van der Waals surface area contributed by atoms with Gasteiger partial charge in [0.05, 0.1) is 0 Å². The smallest absolute Gasteiger partial charge is 0.299 e. The Morgan fingerprint density at radius 1 is 1.15 bits per heavy atom. The van der Waals surface area contributed by atoms with E-state index in [0.717, 1.165) is 16.5 Å². The number of hydrogen-bond acceptors (Lipinski definition) is 5. The highest BCUT2D eigenvalue weighted by molar-refractivity contribution is 8.13. The Kier molecular flexibility index (Phi) is 5.98. The van der Waals surface area contributed by atoms with Gasteiger partial charge in [0.1, 0.15) is 0 Å². The number of urea groups is 1. The van der Waals surface area contributed by atoms with Crippen LogP contribution in [-0.2, 0) is 0 Å². The minimum absolute atomic E-state index is 0.0364. The number of amides is 2. The highest BCUT2D eigenvalue weighted by atomic mass is 32.2. The van der Waals surface area contributed by atoms with Gasteiger partial charge in [-0.3, -0.25) is 9.80 Å². The molecule has 138 valence electrons. The molecule has 1 saturated heterocycles. The number of hydrazone groups is 1. The topological polar surface area (TPSA) is 51.5 Å². The van der Waals surface area contributed by atoms with Crippen molar-refractivity contribution in [1.82, 2.24) is 14.8 Å². The molecule has 2 aliphatic heterocycles. The number of thioether (sulfide) groups is 1. The van der Waals surface area contributed by atoms with Crippen molar-refractivity contribution in [1.29, 1.82) is 0 Å². The van der Waals surface area contributed by atoms with Gasteiger partial charge in [0.25, 0.3) is 0 Å². The van der Waals surface area contributed by atoms with Crippen LogP contribution in [0.25, 0.3) is 6.08 Å². The number of rotatable bonds is 6. The molecular formula is C19H25N5OS. The number of nitrogens with zero attached hydrogens (tertiary/aromatic N) is 5. The number of carbonyl (C=O) groups excluding carboxylic acids is 1. The van der Waals surface area contributed by atoms with Crippen LogP contribution in [-0.4, -0.2) is 63.4 Å². The first-order valence-corrected chi connectivity index (χ1v) is 10.0. The summed E-state index contributed by atoms with van der Waals surface area (Å²) in [5, 5.41) is 7.40. The van der Waals surface area contributed by atoms with Gasteiger partial charge < -0.3 is 0 Å². The van der Waals surface area contributed by atoms with E-state index in [4.69, 9.17) is 4.99 Å². The molecule has 0 saturated carbocycles. The van der Waals surface area contributed by atoms with Crippen molar-refractivity contribution < 1.29 is 4.79 Å². The zero-order valence-electron chi connectivity index (χ0n) is 15.4. The number of likely N-dealkylation sites (N-methyl/N-ethyl adjacent to an activating group) is 2. The lowest BCUT2D eigenvalue weighted by molar-refractivity contribution is 0.155.